The number of halogens is 1. The number of carbonyl (C=O) groups is 1. The maximum atomic E-state index is 13.1. The first-order valence-corrected chi connectivity index (χ1v) is 5.67. The summed E-state index contributed by atoms with van der Waals surface area (Å²) >= 11 is 0. The molecule has 1 aromatic heterocycles. The maximum Gasteiger partial charge on any atom is 0.336 e. The minimum Gasteiger partial charge on any atom is -0.478 e. The van der Waals surface area contributed by atoms with Gasteiger partial charge in [0.15, 0.2) is 0 Å². The van der Waals surface area contributed by atoms with Crippen LogP contribution in [0.2, 0.25) is 0 Å². The zero-order valence-electron chi connectivity index (χ0n) is 9.76. The molecule has 0 fully saturated rings. The van der Waals surface area contributed by atoms with E-state index >= 15 is 0 Å². The van der Waals surface area contributed by atoms with Gasteiger partial charge in [0.1, 0.15) is 17.2 Å². The molecule has 4 heteroatoms. The molecule has 0 aliphatic carbocycles. The third-order valence-corrected chi connectivity index (χ3v) is 2.90. The standard InChI is InChI=1S/C15H9FO3/c16-10-5-6-13-9(7-10)8-14(19-13)11-3-1-2-4-12(11)15(17)18/h1-8H,(H,17,18). The molecule has 1 heterocycles. The summed E-state index contributed by atoms with van der Waals surface area (Å²) in [6.07, 6.45) is 0. The zero-order valence-corrected chi connectivity index (χ0v) is 9.76. The van der Waals surface area contributed by atoms with Crippen LogP contribution >= 0.6 is 0 Å². The summed E-state index contributed by atoms with van der Waals surface area (Å²) in [5.41, 5.74) is 1.16. The number of furan rings is 1. The average Bonchev–Trinajstić information content (AvgIpc) is 2.81. The maximum absolute atomic E-state index is 13.1. The third kappa shape index (κ3) is 1.97. The van der Waals surface area contributed by atoms with Crippen molar-refractivity contribution in [3.8, 4) is 11.3 Å². The van der Waals surface area contributed by atoms with Crippen molar-refractivity contribution in [3.05, 3.63) is 59.9 Å². The van der Waals surface area contributed by atoms with Crippen molar-refractivity contribution in [1.29, 1.82) is 0 Å². The largest absolute Gasteiger partial charge is 0.478 e. The molecule has 0 spiro atoms. The van der Waals surface area contributed by atoms with Crippen LogP contribution in [0.1, 0.15) is 10.4 Å². The Morgan fingerprint density at radius 2 is 1.89 bits per heavy atom. The first-order valence-electron chi connectivity index (χ1n) is 5.67. The molecule has 0 unspecified atom stereocenters. The van der Waals surface area contributed by atoms with E-state index in [9.17, 15) is 9.18 Å². The predicted octanol–water partition coefficient (Wildman–Crippen LogP) is 3.94. The Balaban J connectivity index is 2.22. The number of hydrogen-bond acceptors (Lipinski definition) is 2. The van der Waals surface area contributed by atoms with Crippen molar-refractivity contribution < 1.29 is 18.7 Å². The quantitative estimate of drug-likeness (QED) is 0.755. The minimum absolute atomic E-state index is 0.155. The lowest BCUT2D eigenvalue weighted by Crippen LogP contribution is -1.98. The fraction of sp³-hybridized carbons (Fsp3) is 0. The van der Waals surface area contributed by atoms with Crippen LogP contribution in [-0.2, 0) is 0 Å². The predicted molar refractivity (Wildman–Crippen MR) is 68.6 cm³/mol. The summed E-state index contributed by atoms with van der Waals surface area (Å²) in [5.74, 6) is -0.966. The number of benzene rings is 2. The van der Waals surface area contributed by atoms with Gasteiger partial charge in [0, 0.05) is 10.9 Å². The summed E-state index contributed by atoms with van der Waals surface area (Å²) in [7, 11) is 0. The lowest BCUT2D eigenvalue weighted by Gasteiger charge is -2.01. The van der Waals surface area contributed by atoms with E-state index in [0.29, 0.717) is 22.3 Å². The van der Waals surface area contributed by atoms with Crippen molar-refractivity contribution in [2.24, 2.45) is 0 Å². The Hall–Kier alpha value is -2.62. The van der Waals surface area contributed by atoms with Crippen LogP contribution < -0.4 is 0 Å². The molecule has 0 atom stereocenters. The molecule has 94 valence electrons. The van der Waals surface area contributed by atoms with Crippen molar-refractivity contribution in [3.63, 3.8) is 0 Å². The highest BCUT2D eigenvalue weighted by atomic mass is 19.1. The molecular formula is C15H9FO3. The van der Waals surface area contributed by atoms with E-state index in [2.05, 4.69) is 0 Å². The van der Waals surface area contributed by atoms with Gasteiger partial charge in [0.25, 0.3) is 0 Å². The molecule has 3 nitrogen and oxygen atoms in total. The Bertz CT molecular complexity index is 774. The molecule has 19 heavy (non-hydrogen) atoms. The Kier molecular flexibility index (Phi) is 2.56. The Morgan fingerprint density at radius 1 is 1.11 bits per heavy atom. The SMILES string of the molecule is O=C(O)c1ccccc1-c1cc2cc(F)ccc2o1. The van der Waals surface area contributed by atoms with E-state index < -0.39 is 5.97 Å². The van der Waals surface area contributed by atoms with Gasteiger partial charge in [-0.25, -0.2) is 9.18 Å². The van der Waals surface area contributed by atoms with Gasteiger partial charge >= 0.3 is 5.97 Å². The molecule has 0 radical (unpaired) electrons. The first kappa shape index (κ1) is 11.5. The number of carboxylic acids is 1. The lowest BCUT2D eigenvalue weighted by molar-refractivity contribution is 0.0697. The first-order chi connectivity index (χ1) is 9.15. The van der Waals surface area contributed by atoms with Crippen LogP contribution in [-0.4, -0.2) is 11.1 Å². The number of carboxylic acid groups (broad SMARTS) is 1. The molecule has 0 saturated heterocycles. The van der Waals surface area contributed by atoms with Crippen LogP contribution in [0.3, 0.4) is 0 Å². The second kappa shape index (κ2) is 4.24. The minimum atomic E-state index is -1.03. The van der Waals surface area contributed by atoms with E-state index in [-0.39, 0.29) is 11.4 Å². The molecule has 3 rings (SSSR count). The highest BCUT2D eigenvalue weighted by Crippen LogP contribution is 2.30. The lowest BCUT2D eigenvalue weighted by atomic mass is 10.1. The van der Waals surface area contributed by atoms with Crippen LogP contribution in [0.5, 0.6) is 0 Å². The molecule has 0 bridgehead atoms. The molecule has 0 saturated carbocycles. The number of fused-ring (bicyclic) bond motifs is 1. The van der Waals surface area contributed by atoms with Crippen molar-refractivity contribution in [2.75, 3.05) is 0 Å². The fourth-order valence-corrected chi connectivity index (χ4v) is 2.03. The van der Waals surface area contributed by atoms with Crippen molar-refractivity contribution >= 4 is 16.9 Å². The molecule has 0 aliphatic heterocycles. The molecule has 0 amide bonds. The van der Waals surface area contributed by atoms with Gasteiger partial charge in [0.2, 0.25) is 0 Å². The van der Waals surface area contributed by atoms with E-state index in [1.54, 1.807) is 24.3 Å². The van der Waals surface area contributed by atoms with Gasteiger partial charge in [-0.3, -0.25) is 0 Å². The highest BCUT2D eigenvalue weighted by Gasteiger charge is 2.14. The van der Waals surface area contributed by atoms with E-state index in [1.165, 1.54) is 24.3 Å². The van der Waals surface area contributed by atoms with E-state index in [4.69, 9.17) is 9.52 Å². The van der Waals surface area contributed by atoms with Crippen molar-refractivity contribution in [2.45, 2.75) is 0 Å². The van der Waals surface area contributed by atoms with Crippen LogP contribution in [0.25, 0.3) is 22.3 Å². The molecule has 0 aliphatic rings. The summed E-state index contributed by atoms with van der Waals surface area (Å²) in [6.45, 7) is 0. The average molecular weight is 256 g/mol. The Labute approximate surface area is 107 Å². The summed E-state index contributed by atoms with van der Waals surface area (Å²) in [6, 6.07) is 12.4. The second-order valence-corrected chi connectivity index (χ2v) is 4.14. The zero-order chi connectivity index (χ0) is 13.4. The van der Waals surface area contributed by atoms with Crippen LogP contribution in [0.15, 0.2) is 52.9 Å². The smallest absolute Gasteiger partial charge is 0.336 e. The van der Waals surface area contributed by atoms with Gasteiger partial charge in [0.05, 0.1) is 5.56 Å². The van der Waals surface area contributed by atoms with Gasteiger partial charge in [-0.1, -0.05) is 18.2 Å². The number of hydrogen-bond donors (Lipinski definition) is 1. The van der Waals surface area contributed by atoms with Crippen LogP contribution in [0.4, 0.5) is 4.39 Å². The van der Waals surface area contributed by atoms with Gasteiger partial charge in [-0.2, -0.15) is 0 Å². The summed E-state index contributed by atoms with van der Waals surface area (Å²) < 4.78 is 18.7. The fourth-order valence-electron chi connectivity index (χ4n) is 2.03. The molecule has 3 aromatic rings. The van der Waals surface area contributed by atoms with Gasteiger partial charge in [-0.05, 0) is 30.3 Å². The Morgan fingerprint density at radius 3 is 2.68 bits per heavy atom. The monoisotopic (exact) mass is 256 g/mol. The molecule has 2 aromatic carbocycles. The normalized spacial score (nSPS) is 10.8. The van der Waals surface area contributed by atoms with E-state index in [1.807, 2.05) is 0 Å². The van der Waals surface area contributed by atoms with Gasteiger partial charge in [-0.15, -0.1) is 0 Å². The highest BCUT2D eigenvalue weighted by molar-refractivity contribution is 5.96. The number of rotatable bonds is 2. The van der Waals surface area contributed by atoms with E-state index in [0.717, 1.165) is 0 Å². The number of aromatic carboxylic acids is 1. The summed E-state index contributed by atoms with van der Waals surface area (Å²) in [5, 5.41) is 9.75. The van der Waals surface area contributed by atoms with Crippen molar-refractivity contribution in [1.82, 2.24) is 0 Å². The summed E-state index contributed by atoms with van der Waals surface area (Å²) in [4.78, 5) is 11.2. The molecular weight excluding hydrogens is 247 g/mol. The topological polar surface area (TPSA) is 50.4 Å². The third-order valence-electron chi connectivity index (χ3n) is 2.90. The van der Waals surface area contributed by atoms with Crippen LogP contribution in [0, 0.1) is 5.82 Å². The molecule has 1 N–H and O–H groups in total. The second-order valence-electron chi connectivity index (χ2n) is 4.14. The van der Waals surface area contributed by atoms with Gasteiger partial charge < -0.3 is 9.52 Å².